The van der Waals surface area contributed by atoms with Gasteiger partial charge in [-0.3, -0.25) is 9.78 Å². The monoisotopic (exact) mass is 468 g/mol. The predicted molar refractivity (Wildman–Crippen MR) is 136 cm³/mol. The average molecular weight is 469 g/mol. The van der Waals surface area contributed by atoms with E-state index in [1.807, 2.05) is 41.3 Å². The number of hydrogen-bond acceptors (Lipinski definition) is 5. The number of aromatic amines is 1. The van der Waals surface area contributed by atoms with E-state index in [0.717, 1.165) is 44.4 Å². The fraction of sp³-hybridized carbons (Fsp3) is 0.214. The maximum Gasteiger partial charge on any atom is 0.155 e. The van der Waals surface area contributed by atoms with Gasteiger partial charge in [0.15, 0.2) is 6.29 Å². The van der Waals surface area contributed by atoms with Crippen molar-refractivity contribution in [1.29, 1.82) is 0 Å². The lowest BCUT2D eigenvalue weighted by Crippen LogP contribution is -2.10. The summed E-state index contributed by atoms with van der Waals surface area (Å²) in [6.07, 6.45) is 2.38. The first-order valence-electron chi connectivity index (χ1n) is 11.7. The quantitative estimate of drug-likeness (QED) is 0.275. The van der Waals surface area contributed by atoms with Crippen LogP contribution in [0.5, 0.6) is 5.75 Å². The molecule has 0 amide bonds. The van der Waals surface area contributed by atoms with E-state index >= 15 is 0 Å². The number of nitrogens with zero attached hydrogens (tertiary/aromatic N) is 3. The minimum Gasteiger partial charge on any atom is -0.487 e. The highest BCUT2D eigenvalue weighted by Gasteiger charge is 2.16. The lowest BCUT2D eigenvalue weighted by atomic mass is 9.99. The summed E-state index contributed by atoms with van der Waals surface area (Å²) >= 11 is 0. The molecule has 0 fully saturated rings. The van der Waals surface area contributed by atoms with Crippen molar-refractivity contribution in [3.8, 4) is 28.0 Å². The third kappa shape index (κ3) is 4.82. The predicted octanol–water partition coefficient (Wildman–Crippen LogP) is 5.11. The van der Waals surface area contributed by atoms with Crippen LogP contribution in [0.4, 0.5) is 0 Å². The van der Waals surface area contributed by atoms with Crippen LogP contribution < -0.4 is 4.74 Å². The maximum atomic E-state index is 9.42. The molecule has 7 nitrogen and oxygen atoms in total. The lowest BCUT2D eigenvalue weighted by molar-refractivity contribution is -0.0385. The maximum absolute atomic E-state index is 9.42. The van der Waals surface area contributed by atoms with Crippen LogP contribution in [-0.2, 0) is 13.0 Å². The van der Waals surface area contributed by atoms with E-state index < -0.39 is 6.29 Å². The first-order valence-corrected chi connectivity index (χ1v) is 11.7. The summed E-state index contributed by atoms with van der Waals surface area (Å²) in [7, 11) is 0. The molecule has 0 saturated carbocycles. The third-order valence-electron chi connectivity index (χ3n) is 6.04. The van der Waals surface area contributed by atoms with E-state index in [2.05, 4.69) is 66.5 Å². The van der Waals surface area contributed by atoms with E-state index in [4.69, 9.17) is 9.84 Å². The van der Waals surface area contributed by atoms with E-state index in [1.165, 1.54) is 0 Å². The van der Waals surface area contributed by atoms with Crippen LogP contribution >= 0.6 is 0 Å². The van der Waals surface area contributed by atoms with Crippen molar-refractivity contribution in [2.24, 2.45) is 0 Å². The van der Waals surface area contributed by atoms with Crippen LogP contribution in [0.3, 0.4) is 0 Å². The summed E-state index contributed by atoms with van der Waals surface area (Å²) in [5.41, 5.74) is 6.97. The Bertz CT molecular complexity index is 1440. The number of nitrogens with one attached hydrogen (secondary N) is 1. The van der Waals surface area contributed by atoms with Crippen LogP contribution in [0.2, 0.25) is 0 Å². The summed E-state index contributed by atoms with van der Waals surface area (Å²) in [5.74, 6) is 0.622. The van der Waals surface area contributed by atoms with Gasteiger partial charge in [0, 0.05) is 29.6 Å². The molecule has 2 heterocycles. The summed E-state index contributed by atoms with van der Waals surface area (Å²) in [4.78, 5) is 0. The summed E-state index contributed by atoms with van der Waals surface area (Å²) in [6, 6.07) is 22.4. The largest absolute Gasteiger partial charge is 0.487 e. The second-order valence-corrected chi connectivity index (χ2v) is 8.87. The van der Waals surface area contributed by atoms with Gasteiger partial charge >= 0.3 is 0 Å². The minimum absolute atomic E-state index is 0.106. The molecule has 0 unspecified atom stereocenters. The number of aliphatic hydroxyl groups is 2. The zero-order valence-corrected chi connectivity index (χ0v) is 19.7. The molecule has 5 rings (SSSR count). The zero-order valence-electron chi connectivity index (χ0n) is 19.7. The van der Waals surface area contributed by atoms with Crippen molar-refractivity contribution >= 4 is 10.9 Å². The summed E-state index contributed by atoms with van der Waals surface area (Å²) < 4.78 is 8.15. The SMILES string of the molecule is CC(C)n1nc(COc2ccccc2CC(O)O)c2cc(-c3cccc(-c4cn[nH]c4)c3)ccc21. The first kappa shape index (κ1) is 22.8. The molecule has 3 aromatic carbocycles. The molecule has 35 heavy (non-hydrogen) atoms. The molecule has 0 atom stereocenters. The lowest BCUT2D eigenvalue weighted by Gasteiger charge is -2.11. The molecular weight excluding hydrogens is 440 g/mol. The number of ether oxygens (including phenoxy) is 1. The van der Waals surface area contributed by atoms with Gasteiger partial charge in [-0.25, -0.2) is 0 Å². The smallest absolute Gasteiger partial charge is 0.155 e. The normalized spacial score (nSPS) is 11.6. The van der Waals surface area contributed by atoms with Gasteiger partial charge in [0.2, 0.25) is 0 Å². The van der Waals surface area contributed by atoms with E-state index in [1.54, 1.807) is 0 Å². The molecule has 0 saturated heterocycles. The number of benzene rings is 3. The Labute approximate surface area is 203 Å². The van der Waals surface area contributed by atoms with Crippen molar-refractivity contribution in [1.82, 2.24) is 20.0 Å². The first-order chi connectivity index (χ1) is 17.0. The van der Waals surface area contributed by atoms with E-state index in [0.29, 0.717) is 5.75 Å². The summed E-state index contributed by atoms with van der Waals surface area (Å²) in [5, 5.41) is 31.7. The van der Waals surface area contributed by atoms with Crippen molar-refractivity contribution in [3.63, 3.8) is 0 Å². The van der Waals surface area contributed by atoms with Crippen LogP contribution in [-0.4, -0.2) is 36.5 Å². The van der Waals surface area contributed by atoms with Crippen molar-refractivity contribution in [2.45, 2.75) is 39.2 Å². The van der Waals surface area contributed by atoms with E-state index in [9.17, 15) is 10.2 Å². The van der Waals surface area contributed by atoms with Crippen molar-refractivity contribution in [2.75, 3.05) is 0 Å². The standard InChI is InChI=1S/C28H28N4O3/c1-18(2)32-26-11-10-21(19-7-5-8-20(12-19)23-15-29-30-16-23)13-24(26)25(31-32)17-35-27-9-4-3-6-22(27)14-28(33)34/h3-13,15-16,18,28,33-34H,14,17H2,1-2H3,(H,29,30). The highest BCUT2D eigenvalue weighted by atomic mass is 16.5. The highest BCUT2D eigenvalue weighted by Crippen LogP contribution is 2.31. The molecule has 0 bridgehead atoms. The Morgan fingerprint density at radius 3 is 2.43 bits per heavy atom. The van der Waals surface area contributed by atoms with Gasteiger partial charge in [-0.05, 0) is 60.4 Å². The van der Waals surface area contributed by atoms with Crippen LogP contribution in [0, 0.1) is 0 Å². The number of aliphatic hydroxyl groups excluding tert-OH is 1. The number of para-hydroxylation sites is 1. The van der Waals surface area contributed by atoms with Gasteiger partial charge in [0.25, 0.3) is 0 Å². The van der Waals surface area contributed by atoms with Crippen molar-refractivity contribution in [3.05, 3.63) is 90.4 Å². The van der Waals surface area contributed by atoms with Gasteiger partial charge in [-0.15, -0.1) is 0 Å². The Morgan fingerprint density at radius 2 is 1.69 bits per heavy atom. The Hall–Kier alpha value is -3.94. The zero-order chi connectivity index (χ0) is 24.4. The molecule has 5 aromatic rings. The van der Waals surface area contributed by atoms with Crippen LogP contribution in [0.1, 0.15) is 31.1 Å². The minimum atomic E-state index is -1.43. The molecular formula is C28H28N4O3. The second-order valence-electron chi connectivity index (χ2n) is 8.87. The molecule has 178 valence electrons. The Kier molecular flexibility index (Phi) is 6.35. The fourth-order valence-corrected chi connectivity index (χ4v) is 4.33. The molecule has 0 spiro atoms. The number of rotatable bonds is 8. The third-order valence-corrected chi connectivity index (χ3v) is 6.04. The molecule has 7 heteroatoms. The van der Waals surface area contributed by atoms with Crippen LogP contribution in [0.15, 0.2) is 79.1 Å². The number of H-pyrrole nitrogens is 1. The fourth-order valence-electron chi connectivity index (χ4n) is 4.33. The van der Waals surface area contributed by atoms with Crippen LogP contribution in [0.25, 0.3) is 33.2 Å². The molecule has 3 N–H and O–H groups in total. The summed E-state index contributed by atoms with van der Waals surface area (Å²) in [6.45, 7) is 4.49. The molecule has 0 radical (unpaired) electrons. The Balaban J connectivity index is 1.51. The topological polar surface area (TPSA) is 96.2 Å². The van der Waals surface area contributed by atoms with Gasteiger partial charge in [0.05, 0.1) is 11.7 Å². The number of hydrogen-bond donors (Lipinski definition) is 3. The van der Waals surface area contributed by atoms with Gasteiger partial charge in [0.1, 0.15) is 18.1 Å². The molecule has 0 aliphatic rings. The van der Waals surface area contributed by atoms with E-state index in [-0.39, 0.29) is 19.1 Å². The average Bonchev–Trinajstić information content (AvgIpc) is 3.52. The molecule has 0 aliphatic heterocycles. The van der Waals surface area contributed by atoms with Gasteiger partial charge in [-0.2, -0.15) is 10.2 Å². The molecule has 0 aliphatic carbocycles. The Morgan fingerprint density at radius 1 is 0.914 bits per heavy atom. The highest BCUT2D eigenvalue weighted by molar-refractivity contribution is 5.88. The second kappa shape index (κ2) is 9.74. The van der Waals surface area contributed by atoms with Gasteiger partial charge in [-0.1, -0.05) is 42.5 Å². The van der Waals surface area contributed by atoms with Gasteiger partial charge < -0.3 is 14.9 Å². The molecule has 2 aromatic heterocycles. The number of fused-ring (bicyclic) bond motifs is 1. The number of aromatic nitrogens is 4. The van der Waals surface area contributed by atoms with Crippen molar-refractivity contribution < 1.29 is 14.9 Å².